The zero-order valence-corrected chi connectivity index (χ0v) is 9.31. The van der Waals surface area contributed by atoms with Crippen LogP contribution in [-0.2, 0) is 20.5 Å². The lowest BCUT2D eigenvalue weighted by Crippen LogP contribution is -1.92. The zero-order chi connectivity index (χ0) is 11.1. The van der Waals surface area contributed by atoms with Crippen LogP contribution < -0.4 is 0 Å². The molecule has 0 N–H and O–H groups in total. The smallest absolute Gasteiger partial charge is 0.307 e. The van der Waals surface area contributed by atoms with Gasteiger partial charge >= 0.3 is 7.52 Å². The molecular formula is C10H12NO3P. The predicted molar refractivity (Wildman–Crippen MR) is 57.5 cm³/mol. The van der Waals surface area contributed by atoms with Crippen molar-refractivity contribution < 1.29 is 13.9 Å². The molecule has 0 heterocycles. The van der Waals surface area contributed by atoms with Crippen LogP contribution in [0, 0.1) is 0 Å². The normalized spacial score (nSPS) is 13.9. The molecule has 1 unspecified atom stereocenters. The quantitative estimate of drug-likeness (QED) is 0.439. The van der Waals surface area contributed by atoms with Gasteiger partial charge < -0.3 is 4.52 Å². The van der Waals surface area contributed by atoms with Gasteiger partial charge in [0.05, 0.1) is 6.61 Å². The number of hydrogen-bond donors (Lipinski definition) is 0. The van der Waals surface area contributed by atoms with Crippen molar-refractivity contribution in [3.8, 4) is 0 Å². The molecule has 5 heteroatoms. The number of rotatable bonds is 5. The van der Waals surface area contributed by atoms with Gasteiger partial charge in [-0.05, 0) is 5.56 Å². The molecule has 0 saturated carbocycles. The highest BCUT2D eigenvalue weighted by atomic mass is 31.2. The van der Waals surface area contributed by atoms with Gasteiger partial charge in [-0.25, -0.2) is 4.79 Å². The molecule has 0 bridgehead atoms. The first-order valence-electron chi connectivity index (χ1n) is 4.57. The first-order valence-corrected chi connectivity index (χ1v) is 6.33. The van der Waals surface area contributed by atoms with E-state index in [1.807, 2.05) is 30.3 Å². The highest BCUT2D eigenvalue weighted by Crippen LogP contribution is 2.48. The molecule has 1 aromatic carbocycles. The molecule has 1 atom stereocenters. The van der Waals surface area contributed by atoms with E-state index in [9.17, 15) is 9.36 Å². The van der Waals surface area contributed by atoms with Crippen LogP contribution in [0.2, 0.25) is 0 Å². The lowest BCUT2D eigenvalue weighted by Gasteiger charge is -2.09. The van der Waals surface area contributed by atoms with E-state index >= 15 is 0 Å². The van der Waals surface area contributed by atoms with Gasteiger partial charge in [-0.1, -0.05) is 37.3 Å². The minimum absolute atomic E-state index is 0.192. The summed E-state index contributed by atoms with van der Waals surface area (Å²) in [7, 11) is -3.16. The molecule has 0 saturated heterocycles. The summed E-state index contributed by atoms with van der Waals surface area (Å²) >= 11 is 0. The summed E-state index contributed by atoms with van der Waals surface area (Å²) in [6, 6.07) is 9.30. The molecule has 0 amide bonds. The first-order chi connectivity index (χ1) is 7.20. The van der Waals surface area contributed by atoms with Crippen molar-refractivity contribution in [1.82, 2.24) is 0 Å². The molecule has 15 heavy (non-hydrogen) atoms. The lowest BCUT2D eigenvalue weighted by atomic mass is 10.2. The highest BCUT2D eigenvalue weighted by Gasteiger charge is 2.19. The monoisotopic (exact) mass is 225 g/mol. The van der Waals surface area contributed by atoms with E-state index < -0.39 is 7.52 Å². The van der Waals surface area contributed by atoms with Crippen molar-refractivity contribution in [1.29, 1.82) is 0 Å². The Balaban J connectivity index is 2.63. The van der Waals surface area contributed by atoms with Crippen molar-refractivity contribution >= 4 is 13.6 Å². The van der Waals surface area contributed by atoms with E-state index in [1.54, 1.807) is 6.92 Å². The van der Waals surface area contributed by atoms with Gasteiger partial charge in [0.1, 0.15) is 0 Å². The van der Waals surface area contributed by atoms with Crippen LogP contribution in [0.15, 0.2) is 35.1 Å². The predicted octanol–water partition coefficient (Wildman–Crippen LogP) is 2.75. The average Bonchev–Trinajstić information content (AvgIpc) is 2.28. The maximum Gasteiger partial charge on any atom is 0.324 e. The Morgan fingerprint density at radius 2 is 2.07 bits per heavy atom. The molecule has 0 fully saturated rings. The minimum Gasteiger partial charge on any atom is -0.307 e. The van der Waals surface area contributed by atoms with Gasteiger partial charge in [-0.3, -0.25) is 4.57 Å². The minimum atomic E-state index is -3.16. The Labute approximate surface area is 88.5 Å². The Morgan fingerprint density at radius 1 is 1.40 bits per heavy atom. The Kier molecular flexibility index (Phi) is 4.44. The molecule has 0 spiro atoms. The summed E-state index contributed by atoms with van der Waals surface area (Å²) in [5.74, 6) is 0. The second kappa shape index (κ2) is 5.62. The second-order valence-electron chi connectivity index (χ2n) is 2.90. The summed E-state index contributed by atoms with van der Waals surface area (Å²) < 4.78 is 20.1. The number of hydrogen-bond acceptors (Lipinski definition) is 3. The third kappa shape index (κ3) is 3.80. The van der Waals surface area contributed by atoms with Crippen LogP contribution in [0.4, 0.5) is 0 Å². The highest BCUT2D eigenvalue weighted by molar-refractivity contribution is 7.57. The van der Waals surface area contributed by atoms with Crippen molar-refractivity contribution in [3.63, 3.8) is 0 Å². The van der Waals surface area contributed by atoms with Gasteiger partial charge in [0.2, 0.25) is 6.08 Å². The van der Waals surface area contributed by atoms with E-state index in [0.717, 1.165) is 5.56 Å². The molecule has 0 radical (unpaired) electrons. The zero-order valence-electron chi connectivity index (χ0n) is 8.42. The molecule has 1 rings (SSSR count). The van der Waals surface area contributed by atoms with E-state index in [-0.39, 0.29) is 12.8 Å². The molecular weight excluding hydrogens is 213 g/mol. The van der Waals surface area contributed by atoms with E-state index in [1.165, 1.54) is 6.08 Å². The van der Waals surface area contributed by atoms with Gasteiger partial charge in [-0.15, -0.1) is 4.76 Å². The molecule has 80 valence electrons. The number of carbonyl (C=O) groups excluding carboxylic acids is 1. The van der Waals surface area contributed by atoms with Crippen LogP contribution in [-0.4, -0.2) is 12.2 Å². The molecule has 4 nitrogen and oxygen atoms in total. The van der Waals surface area contributed by atoms with E-state index in [0.29, 0.717) is 0 Å². The standard InChI is InChI=1S/C10H12NO3P/c1-2-15(13,11-9-12)14-8-10-6-4-3-5-7-10/h3-7H,2,8H2,1H3. The molecule has 0 aliphatic heterocycles. The molecule has 0 aliphatic rings. The van der Waals surface area contributed by atoms with E-state index in [2.05, 4.69) is 4.76 Å². The summed E-state index contributed by atoms with van der Waals surface area (Å²) in [5, 5.41) is 0. The topological polar surface area (TPSA) is 55.7 Å². The lowest BCUT2D eigenvalue weighted by molar-refractivity contribution is 0.304. The van der Waals surface area contributed by atoms with Gasteiger partial charge in [0.15, 0.2) is 0 Å². The van der Waals surface area contributed by atoms with Crippen molar-refractivity contribution in [2.45, 2.75) is 13.5 Å². The Hall–Kier alpha value is -1.21. The maximum atomic E-state index is 11.7. The number of benzene rings is 1. The van der Waals surface area contributed by atoms with Crippen molar-refractivity contribution in [2.75, 3.05) is 6.16 Å². The summed E-state index contributed by atoms with van der Waals surface area (Å²) in [6.07, 6.45) is 1.49. The van der Waals surface area contributed by atoms with Crippen molar-refractivity contribution in [3.05, 3.63) is 35.9 Å². The van der Waals surface area contributed by atoms with Crippen LogP contribution in [0.3, 0.4) is 0 Å². The fraction of sp³-hybridized carbons (Fsp3) is 0.300. The SMILES string of the molecule is CCP(=O)(N=C=O)OCc1ccccc1. The van der Waals surface area contributed by atoms with Gasteiger partial charge in [0, 0.05) is 6.16 Å². The third-order valence-electron chi connectivity index (χ3n) is 1.87. The molecule has 1 aromatic rings. The van der Waals surface area contributed by atoms with Crippen LogP contribution in [0.1, 0.15) is 12.5 Å². The number of isocyanates is 1. The first kappa shape index (κ1) is 11.9. The van der Waals surface area contributed by atoms with Gasteiger partial charge in [0.25, 0.3) is 0 Å². The third-order valence-corrected chi connectivity index (χ3v) is 3.59. The average molecular weight is 225 g/mol. The molecule has 0 aromatic heterocycles. The summed E-state index contributed by atoms with van der Waals surface area (Å²) in [5.41, 5.74) is 0.896. The number of nitrogens with zero attached hydrogens (tertiary/aromatic N) is 1. The summed E-state index contributed by atoms with van der Waals surface area (Å²) in [4.78, 5) is 10.0. The fourth-order valence-corrected chi connectivity index (χ4v) is 1.86. The van der Waals surface area contributed by atoms with E-state index in [4.69, 9.17) is 4.52 Å². The van der Waals surface area contributed by atoms with Gasteiger partial charge in [-0.2, -0.15) is 0 Å². The van der Waals surface area contributed by atoms with Crippen LogP contribution >= 0.6 is 7.52 Å². The summed E-state index contributed by atoms with van der Waals surface area (Å²) in [6.45, 7) is 1.85. The van der Waals surface area contributed by atoms with Crippen LogP contribution in [0.5, 0.6) is 0 Å². The fourth-order valence-electron chi connectivity index (χ4n) is 1.00. The largest absolute Gasteiger partial charge is 0.324 e. The molecule has 0 aliphatic carbocycles. The van der Waals surface area contributed by atoms with Crippen LogP contribution in [0.25, 0.3) is 0 Å². The maximum absolute atomic E-state index is 11.7. The Morgan fingerprint density at radius 3 is 2.60 bits per heavy atom. The second-order valence-corrected chi connectivity index (χ2v) is 5.27. The van der Waals surface area contributed by atoms with Crippen molar-refractivity contribution in [2.24, 2.45) is 4.76 Å². The Bertz CT molecular complexity index is 398.